The van der Waals surface area contributed by atoms with Gasteiger partial charge in [0.05, 0.1) is 13.2 Å². The predicted octanol–water partition coefficient (Wildman–Crippen LogP) is 4.71. The van der Waals surface area contributed by atoms with Gasteiger partial charge in [0.1, 0.15) is 5.75 Å². The van der Waals surface area contributed by atoms with Gasteiger partial charge in [0, 0.05) is 22.8 Å². The number of thioether (sulfide) groups is 1. The molecule has 2 aromatic rings. The summed E-state index contributed by atoms with van der Waals surface area (Å²) < 4.78 is 5.53. The zero-order valence-corrected chi connectivity index (χ0v) is 13.6. The van der Waals surface area contributed by atoms with Crippen LogP contribution in [0.15, 0.2) is 36.4 Å². The molecule has 2 nitrogen and oxygen atoms in total. The Morgan fingerprint density at radius 3 is 2.76 bits per heavy atom. The van der Waals surface area contributed by atoms with Gasteiger partial charge < -0.3 is 10.1 Å². The molecule has 0 amide bonds. The van der Waals surface area contributed by atoms with Gasteiger partial charge in [0.15, 0.2) is 0 Å². The molecule has 110 valence electrons. The summed E-state index contributed by atoms with van der Waals surface area (Å²) in [6.07, 6.45) is 0. The van der Waals surface area contributed by atoms with E-state index in [1.165, 1.54) is 27.9 Å². The van der Waals surface area contributed by atoms with Crippen molar-refractivity contribution < 1.29 is 4.74 Å². The number of benzene rings is 2. The monoisotopic (exact) mass is 299 g/mol. The molecule has 0 fully saturated rings. The molecule has 1 aliphatic rings. The highest BCUT2D eigenvalue weighted by Crippen LogP contribution is 2.36. The number of methoxy groups -OCH3 is 1. The Kier molecular flexibility index (Phi) is 4.11. The van der Waals surface area contributed by atoms with E-state index >= 15 is 0 Å². The Morgan fingerprint density at radius 1 is 1.14 bits per heavy atom. The molecule has 3 heteroatoms. The van der Waals surface area contributed by atoms with Crippen LogP contribution in [0.5, 0.6) is 5.75 Å². The zero-order valence-electron chi connectivity index (χ0n) is 12.8. The van der Waals surface area contributed by atoms with Crippen molar-refractivity contribution in [3.05, 3.63) is 58.7 Å². The molecule has 3 rings (SSSR count). The fraction of sp³-hybridized carbons (Fsp3) is 0.333. The van der Waals surface area contributed by atoms with E-state index in [4.69, 9.17) is 4.74 Å². The van der Waals surface area contributed by atoms with Crippen molar-refractivity contribution in [2.45, 2.75) is 25.6 Å². The minimum atomic E-state index is 0.367. The SMILES string of the molecule is COc1c(C)ccc(NC2CSCc3ccccc32)c1C. The van der Waals surface area contributed by atoms with Crippen LogP contribution in [0, 0.1) is 13.8 Å². The van der Waals surface area contributed by atoms with E-state index in [1.807, 2.05) is 11.8 Å². The third-order valence-electron chi connectivity index (χ3n) is 4.11. The number of hydrogen-bond acceptors (Lipinski definition) is 3. The van der Waals surface area contributed by atoms with Crippen LogP contribution < -0.4 is 10.1 Å². The number of hydrogen-bond donors (Lipinski definition) is 1. The van der Waals surface area contributed by atoms with E-state index in [9.17, 15) is 0 Å². The van der Waals surface area contributed by atoms with Crippen LogP contribution in [0.2, 0.25) is 0 Å². The molecule has 1 unspecified atom stereocenters. The fourth-order valence-corrected chi connectivity index (χ4v) is 4.09. The van der Waals surface area contributed by atoms with Gasteiger partial charge in [0.25, 0.3) is 0 Å². The highest BCUT2D eigenvalue weighted by atomic mass is 32.2. The zero-order chi connectivity index (χ0) is 14.8. The lowest BCUT2D eigenvalue weighted by Gasteiger charge is -2.28. The minimum absolute atomic E-state index is 0.367. The van der Waals surface area contributed by atoms with Gasteiger partial charge >= 0.3 is 0 Å². The van der Waals surface area contributed by atoms with Crippen molar-refractivity contribution in [3.8, 4) is 5.75 Å². The summed E-state index contributed by atoms with van der Waals surface area (Å²) in [5, 5.41) is 3.71. The van der Waals surface area contributed by atoms with Gasteiger partial charge in [0.2, 0.25) is 0 Å². The number of fused-ring (bicyclic) bond motifs is 1. The van der Waals surface area contributed by atoms with Crippen molar-refractivity contribution in [3.63, 3.8) is 0 Å². The first-order valence-electron chi connectivity index (χ1n) is 7.27. The Morgan fingerprint density at radius 2 is 1.95 bits per heavy atom. The van der Waals surface area contributed by atoms with Crippen molar-refractivity contribution >= 4 is 17.4 Å². The Labute approximate surface area is 130 Å². The van der Waals surface area contributed by atoms with Gasteiger partial charge in [-0.2, -0.15) is 11.8 Å². The molecule has 0 bridgehead atoms. The van der Waals surface area contributed by atoms with Crippen molar-refractivity contribution in [2.24, 2.45) is 0 Å². The molecular formula is C18H21NOS. The van der Waals surface area contributed by atoms with Crippen LogP contribution in [-0.2, 0) is 5.75 Å². The first kappa shape index (κ1) is 14.3. The number of rotatable bonds is 3. The maximum Gasteiger partial charge on any atom is 0.126 e. The van der Waals surface area contributed by atoms with Crippen LogP contribution in [0.1, 0.15) is 28.3 Å². The second-order valence-electron chi connectivity index (χ2n) is 5.50. The molecule has 0 aromatic heterocycles. The summed E-state index contributed by atoms with van der Waals surface area (Å²) in [5.41, 5.74) is 6.41. The van der Waals surface area contributed by atoms with Gasteiger partial charge in [-0.1, -0.05) is 30.3 Å². The highest BCUT2D eigenvalue weighted by Gasteiger charge is 2.21. The summed E-state index contributed by atoms with van der Waals surface area (Å²) >= 11 is 1.99. The summed E-state index contributed by atoms with van der Waals surface area (Å²) in [7, 11) is 1.74. The maximum absolute atomic E-state index is 5.53. The molecular weight excluding hydrogens is 278 g/mol. The second kappa shape index (κ2) is 6.02. The van der Waals surface area contributed by atoms with E-state index in [1.54, 1.807) is 7.11 Å². The van der Waals surface area contributed by atoms with E-state index < -0.39 is 0 Å². The number of ether oxygens (including phenoxy) is 1. The average Bonchev–Trinajstić information content (AvgIpc) is 2.51. The third kappa shape index (κ3) is 2.75. The molecule has 1 heterocycles. The molecule has 0 radical (unpaired) electrons. The molecule has 1 atom stereocenters. The lowest BCUT2D eigenvalue weighted by molar-refractivity contribution is 0.409. The second-order valence-corrected chi connectivity index (χ2v) is 6.53. The Bertz CT molecular complexity index is 654. The van der Waals surface area contributed by atoms with Crippen LogP contribution in [-0.4, -0.2) is 12.9 Å². The van der Waals surface area contributed by atoms with Gasteiger partial charge in [-0.3, -0.25) is 0 Å². The molecule has 0 saturated carbocycles. The number of aryl methyl sites for hydroxylation is 1. The molecule has 2 aromatic carbocycles. The molecule has 0 saturated heterocycles. The molecule has 0 spiro atoms. The molecule has 0 aliphatic carbocycles. The molecule has 21 heavy (non-hydrogen) atoms. The van der Waals surface area contributed by atoms with Crippen molar-refractivity contribution in [1.29, 1.82) is 0 Å². The van der Waals surface area contributed by atoms with Gasteiger partial charge in [-0.15, -0.1) is 0 Å². The summed E-state index contributed by atoms with van der Waals surface area (Å²) in [6.45, 7) is 4.21. The summed E-state index contributed by atoms with van der Waals surface area (Å²) in [5.74, 6) is 3.20. The van der Waals surface area contributed by atoms with Crippen LogP contribution in [0.3, 0.4) is 0 Å². The Balaban J connectivity index is 1.92. The lowest BCUT2D eigenvalue weighted by Crippen LogP contribution is -2.19. The topological polar surface area (TPSA) is 21.3 Å². The largest absolute Gasteiger partial charge is 0.496 e. The van der Waals surface area contributed by atoms with Crippen LogP contribution >= 0.6 is 11.8 Å². The Hall–Kier alpha value is -1.61. The molecule has 1 N–H and O–H groups in total. The van der Waals surface area contributed by atoms with E-state index in [-0.39, 0.29) is 0 Å². The van der Waals surface area contributed by atoms with Crippen molar-refractivity contribution in [2.75, 3.05) is 18.2 Å². The number of nitrogens with one attached hydrogen (secondary N) is 1. The fourth-order valence-electron chi connectivity index (χ4n) is 2.99. The summed E-state index contributed by atoms with van der Waals surface area (Å²) in [6, 6.07) is 13.4. The minimum Gasteiger partial charge on any atom is -0.496 e. The first-order valence-corrected chi connectivity index (χ1v) is 8.42. The van der Waals surface area contributed by atoms with Crippen LogP contribution in [0.4, 0.5) is 5.69 Å². The van der Waals surface area contributed by atoms with Gasteiger partial charge in [-0.05, 0) is 36.6 Å². The van der Waals surface area contributed by atoms with Crippen molar-refractivity contribution in [1.82, 2.24) is 0 Å². The van der Waals surface area contributed by atoms with Crippen LogP contribution in [0.25, 0.3) is 0 Å². The van der Waals surface area contributed by atoms with E-state index in [2.05, 4.69) is 55.6 Å². The smallest absolute Gasteiger partial charge is 0.126 e. The first-order chi connectivity index (χ1) is 10.2. The standard InChI is InChI=1S/C18H21NOS/c1-12-8-9-16(13(2)18(12)20-3)19-17-11-21-10-14-6-4-5-7-15(14)17/h4-9,17,19H,10-11H2,1-3H3. The number of anilines is 1. The summed E-state index contributed by atoms with van der Waals surface area (Å²) in [4.78, 5) is 0. The van der Waals surface area contributed by atoms with E-state index in [0.29, 0.717) is 6.04 Å². The predicted molar refractivity (Wildman–Crippen MR) is 91.4 cm³/mol. The quantitative estimate of drug-likeness (QED) is 0.886. The maximum atomic E-state index is 5.53. The lowest BCUT2D eigenvalue weighted by atomic mass is 10.0. The molecule has 1 aliphatic heterocycles. The van der Waals surface area contributed by atoms with E-state index in [0.717, 1.165) is 17.3 Å². The van der Waals surface area contributed by atoms with Gasteiger partial charge in [-0.25, -0.2) is 0 Å². The average molecular weight is 299 g/mol. The normalized spacial score (nSPS) is 17.2. The third-order valence-corrected chi connectivity index (χ3v) is 5.19. The highest BCUT2D eigenvalue weighted by molar-refractivity contribution is 7.98.